The Morgan fingerprint density at radius 3 is 2.75 bits per heavy atom. The minimum atomic E-state index is 0.280. The van der Waals surface area contributed by atoms with E-state index >= 15 is 0 Å². The van der Waals surface area contributed by atoms with Gasteiger partial charge in [0.25, 0.3) is 11.1 Å². The lowest BCUT2D eigenvalue weighted by molar-refractivity contribution is 0.164. The van der Waals surface area contributed by atoms with E-state index in [9.17, 15) is 0 Å². The quantitative estimate of drug-likeness (QED) is 0.551. The summed E-state index contributed by atoms with van der Waals surface area (Å²) in [7, 11) is 0. The highest BCUT2D eigenvalue weighted by atomic mass is 32.2. The zero-order valence-corrected chi connectivity index (χ0v) is 12.5. The Morgan fingerprint density at radius 1 is 1.20 bits per heavy atom. The molecule has 0 saturated heterocycles. The molecule has 0 aliphatic heterocycles. The monoisotopic (exact) mass is 294 g/mol. The van der Waals surface area contributed by atoms with E-state index in [1.54, 1.807) is 0 Å². The molecule has 0 fully saturated rings. The van der Waals surface area contributed by atoms with Gasteiger partial charge >= 0.3 is 0 Å². The summed E-state index contributed by atoms with van der Waals surface area (Å²) in [5, 5.41) is 8.44. The van der Waals surface area contributed by atoms with Crippen molar-refractivity contribution in [2.75, 3.05) is 19.0 Å². The summed E-state index contributed by atoms with van der Waals surface area (Å²) in [5.74, 6) is 2.07. The molecule has 108 valence electrons. The molecule has 0 spiro atoms. The Kier molecular flexibility index (Phi) is 5.88. The predicted octanol–water partition coefficient (Wildman–Crippen LogP) is 3.09. The van der Waals surface area contributed by atoms with Crippen molar-refractivity contribution in [1.82, 2.24) is 10.2 Å². The molecule has 0 saturated carbocycles. The van der Waals surface area contributed by atoms with E-state index in [0.717, 1.165) is 18.1 Å². The Morgan fingerprint density at radius 2 is 2.00 bits per heavy atom. The molecule has 1 aromatic heterocycles. The maximum absolute atomic E-state index is 5.57. The van der Waals surface area contributed by atoms with E-state index in [1.165, 1.54) is 17.3 Å². The van der Waals surface area contributed by atoms with Crippen LogP contribution in [-0.4, -0.2) is 29.2 Å². The first-order chi connectivity index (χ1) is 9.78. The van der Waals surface area contributed by atoms with Gasteiger partial charge in [-0.05, 0) is 26.0 Å². The molecule has 0 aliphatic rings. The van der Waals surface area contributed by atoms with Gasteiger partial charge in [-0.15, -0.1) is 10.2 Å². The molecule has 2 rings (SSSR count). The SMILES string of the molecule is CCOCCSc1nnc(COc2ccc(C)cc2)o1. The Labute approximate surface area is 122 Å². The number of aromatic nitrogens is 2. The largest absolute Gasteiger partial charge is 0.484 e. The number of ether oxygens (including phenoxy) is 2. The molecule has 0 bridgehead atoms. The van der Waals surface area contributed by atoms with Gasteiger partial charge in [-0.1, -0.05) is 29.5 Å². The molecule has 0 aliphatic carbocycles. The van der Waals surface area contributed by atoms with Crippen molar-refractivity contribution in [2.45, 2.75) is 25.7 Å². The standard InChI is InChI=1S/C14H18N2O3S/c1-3-17-8-9-20-14-16-15-13(19-14)10-18-12-6-4-11(2)5-7-12/h4-7H,3,8-10H2,1-2H3. The Balaban J connectivity index is 1.76. The lowest BCUT2D eigenvalue weighted by Crippen LogP contribution is -1.95. The highest BCUT2D eigenvalue weighted by molar-refractivity contribution is 7.99. The highest BCUT2D eigenvalue weighted by Gasteiger charge is 2.07. The summed E-state index contributed by atoms with van der Waals surface area (Å²) in [6.45, 7) is 5.69. The summed E-state index contributed by atoms with van der Waals surface area (Å²) in [6, 6.07) is 7.84. The van der Waals surface area contributed by atoms with Crippen LogP contribution in [0.5, 0.6) is 5.75 Å². The second kappa shape index (κ2) is 7.91. The smallest absolute Gasteiger partial charge is 0.276 e. The predicted molar refractivity (Wildman–Crippen MR) is 77.0 cm³/mol. The molecular formula is C14H18N2O3S. The lowest BCUT2D eigenvalue weighted by Gasteiger charge is -2.02. The van der Waals surface area contributed by atoms with Crippen LogP contribution in [0, 0.1) is 6.92 Å². The van der Waals surface area contributed by atoms with E-state index in [1.807, 2.05) is 38.1 Å². The minimum absolute atomic E-state index is 0.280. The van der Waals surface area contributed by atoms with Crippen LogP contribution >= 0.6 is 11.8 Å². The van der Waals surface area contributed by atoms with Gasteiger partial charge in [-0.2, -0.15) is 0 Å². The molecule has 1 aromatic carbocycles. The fraction of sp³-hybridized carbons (Fsp3) is 0.429. The minimum Gasteiger partial charge on any atom is -0.484 e. The van der Waals surface area contributed by atoms with E-state index in [4.69, 9.17) is 13.9 Å². The number of hydrogen-bond donors (Lipinski definition) is 0. The van der Waals surface area contributed by atoms with Crippen molar-refractivity contribution in [3.05, 3.63) is 35.7 Å². The molecular weight excluding hydrogens is 276 g/mol. The van der Waals surface area contributed by atoms with Crippen LogP contribution in [0.4, 0.5) is 0 Å². The van der Waals surface area contributed by atoms with Crippen molar-refractivity contribution in [3.8, 4) is 5.75 Å². The Bertz CT molecular complexity index is 513. The van der Waals surface area contributed by atoms with Crippen LogP contribution in [0.2, 0.25) is 0 Å². The third kappa shape index (κ3) is 4.86. The van der Waals surface area contributed by atoms with Crippen molar-refractivity contribution < 1.29 is 13.9 Å². The summed E-state index contributed by atoms with van der Waals surface area (Å²) in [6.07, 6.45) is 0. The van der Waals surface area contributed by atoms with Crippen molar-refractivity contribution in [1.29, 1.82) is 0 Å². The molecule has 0 amide bonds. The average Bonchev–Trinajstić information content (AvgIpc) is 2.91. The molecule has 2 aromatic rings. The fourth-order valence-electron chi connectivity index (χ4n) is 1.47. The van der Waals surface area contributed by atoms with Gasteiger partial charge in [0.15, 0.2) is 6.61 Å². The van der Waals surface area contributed by atoms with Gasteiger partial charge in [-0.3, -0.25) is 0 Å². The molecule has 0 unspecified atom stereocenters. The van der Waals surface area contributed by atoms with Gasteiger partial charge < -0.3 is 13.9 Å². The molecule has 5 nitrogen and oxygen atoms in total. The van der Waals surface area contributed by atoms with Crippen molar-refractivity contribution in [3.63, 3.8) is 0 Å². The van der Waals surface area contributed by atoms with Gasteiger partial charge in [0, 0.05) is 12.4 Å². The van der Waals surface area contributed by atoms with E-state index < -0.39 is 0 Å². The van der Waals surface area contributed by atoms with Crippen molar-refractivity contribution in [2.24, 2.45) is 0 Å². The maximum atomic E-state index is 5.57. The zero-order chi connectivity index (χ0) is 14.2. The zero-order valence-electron chi connectivity index (χ0n) is 11.7. The topological polar surface area (TPSA) is 57.4 Å². The lowest BCUT2D eigenvalue weighted by atomic mass is 10.2. The van der Waals surface area contributed by atoms with Crippen molar-refractivity contribution >= 4 is 11.8 Å². The highest BCUT2D eigenvalue weighted by Crippen LogP contribution is 2.17. The molecule has 0 radical (unpaired) electrons. The third-order valence-corrected chi connectivity index (χ3v) is 3.27. The van der Waals surface area contributed by atoms with Crippen LogP contribution in [0.1, 0.15) is 18.4 Å². The molecule has 0 N–H and O–H groups in total. The Hall–Kier alpha value is -1.53. The van der Waals surface area contributed by atoms with Crippen LogP contribution in [0.15, 0.2) is 33.9 Å². The number of benzene rings is 1. The second-order valence-electron chi connectivity index (χ2n) is 4.11. The maximum Gasteiger partial charge on any atom is 0.276 e. The van der Waals surface area contributed by atoms with E-state index in [0.29, 0.717) is 17.7 Å². The van der Waals surface area contributed by atoms with Gasteiger partial charge in [0.05, 0.1) is 6.61 Å². The number of aryl methyl sites for hydroxylation is 1. The normalized spacial score (nSPS) is 10.7. The van der Waals surface area contributed by atoms with E-state index in [2.05, 4.69) is 10.2 Å². The summed E-state index contributed by atoms with van der Waals surface area (Å²) in [4.78, 5) is 0. The number of rotatable bonds is 8. The first-order valence-corrected chi connectivity index (χ1v) is 7.49. The summed E-state index contributed by atoms with van der Waals surface area (Å²) < 4.78 is 16.3. The van der Waals surface area contributed by atoms with Crippen LogP contribution in [0.3, 0.4) is 0 Å². The van der Waals surface area contributed by atoms with Gasteiger partial charge in [0.2, 0.25) is 0 Å². The van der Waals surface area contributed by atoms with Crippen LogP contribution in [0.25, 0.3) is 0 Å². The molecule has 6 heteroatoms. The van der Waals surface area contributed by atoms with Gasteiger partial charge in [0.1, 0.15) is 5.75 Å². The third-order valence-electron chi connectivity index (χ3n) is 2.49. The average molecular weight is 294 g/mol. The first kappa shape index (κ1) is 14.9. The van der Waals surface area contributed by atoms with E-state index in [-0.39, 0.29) is 6.61 Å². The number of thioether (sulfide) groups is 1. The van der Waals surface area contributed by atoms with Crippen LogP contribution in [-0.2, 0) is 11.3 Å². The molecule has 20 heavy (non-hydrogen) atoms. The second-order valence-corrected chi connectivity index (χ2v) is 5.15. The molecule has 0 atom stereocenters. The summed E-state index contributed by atoms with van der Waals surface area (Å²) in [5.41, 5.74) is 1.20. The number of nitrogens with zero attached hydrogens (tertiary/aromatic N) is 2. The first-order valence-electron chi connectivity index (χ1n) is 6.50. The van der Waals surface area contributed by atoms with Gasteiger partial charge in [-0.25, -0.2) is 0 Å². The van der Waals surface area contributed by atoms with Crippen LogP contribution < -0.4 is 4.74 Å². The summed E-state index contributed by atoms with van der Waals surface area (Å²) >= 11 is 1.48. The molecule has 1 heterocycles. The fourth-order valence-corrected chi connectivity index (χ4v) is 2.10. The number of hydrogen-bond acceptors (Lipinski definition) is 6.